The largest absolute Gasteiger partial charge is 0.478 e. The van der Waals surface area contributed by atoms with Gasteiger partial charge in [-0.1, -0.05) is 0 Å². The van der Waals surface area contributed by atoms with Gasteiger partial charge in [-0.25, -0.2) is 13.2 Å². The zero-order valence-electron chi connectivity index (χ0n) is 11.0. The van der Waals surface area contributed by atoms with Gasteiger partial charge in [0.1, 0.15) is 0 Å². The fourth-order valence-corrected chi connectivity index (χ4v) is 3.34. The molecule has 6 nitrogen and oxygen atoms in total. The number of aromatic carboxylic acids is 1. The molecular weight excluding hydrogens is 362 g/mol. The van der Waals surface area contributed by atoms with Crippen LogP contribution in [0.25, 0.3) is 0 Å². The number of rotatable bonds is 5. The van der Waals surface area contributed by atoms with E-state index >= 15 is 0 Å². The van der Waals surface area contributed by atoms with Crippen molar-refractivity contribution in [2.45, 2.75) is 11.4 Å². The van der Waals surface area contributed by atoms with Crippen molar-refractivity contribution < 1.29 is 22.7 Å². The van der Waals surface area contributed by atoms with Gasteiger partial charge in [-0.2, -0.15) is 4.31 Å². The van der Waals surface area contributed by atoms with Gasteiger partial charge >= 0.3 is 5.97 Å². The Bertz CT molecular complexity index is 755. The fourth-order valence-electron chi connectivity index (χ4n) is 1.73. The summed E-state index contributed by atoms with van der Waals surface area (Å²) >= 11 is 3.08. The van der Waals surface area contributed by atoms with E-state index in [2.05, 4.69) is 15.9 Å². The molecule has 0 fully saturated rings. The first-order valence-corrected chi connectivity index (χ1v) is 8.06. The molecule has 1 N–H and O–H groups in total. The highest BCUT2D eigenvalue weighted by Crippen LogP contribution is 2.23. The Hall–Kier alpha value is -1.64. The molecule has 0 saturated heterocycles. The highest BCUT2D eigenvalue weighted by atomic mass is 79.9. The van der Waals surface area contributed by atoms with Crippen molar-refractivity contribution in [1.29, 1.82) is 0 Å². The number of carboxylic acid groups (broad SMARTS) is 1. The van der Waals surface area contributed by atoms with Gasteiger partial charge in [-0.05, 0) is 40.2 Å². The Morgan fingerprint density at radius 1 is 1.38 bits per heavy atom. The SMILES string of the molecule is CN(Cc1ccoc1)S(=O)(=O)c1ccc(Br)c(C(=O)O)c1. The van der Waals surface area contributed by atoms with Crippen LogP contribution in [0.5, 0.6) is 0 Å². The first-order valence-electron chi connectivity index (χ1n) is 5.82. The summed E-state index contributed by atoms with van der Waals surface area (Å²) in [5.41, 5.74) is 0.601. The Kier molecular flexibility index (Phi) is 4.50. The molecule has 8 heteroatoms. The molecule has 0 bridgehead atoms. The van der Waals surface area contributed by atoms with Crippen LogP contribution in [-0.2, 0) is 16.6 Å². The lowest BCUT2D eigenvalue weighted by atomic mass is 10.2. The van der Waals surface area contributed by atoms with Crippen molar-refractivity contribution in [3.8, 4) is 0 Å². The second-order valence-corrected chi connectivity index (χ2v) is 7.24. The van der Waals surface area contributed by atoms with Gasteiger partial charge < -0.3 is 9.52 Å². The maximum absolute atomic E-state index is 12.4. The summed E-state index contributed by atoms with van der Waals surface area (Å²) in [6, 6.07) is 5.56. The smallest absolute Gasteiger partial charge is 0.336 e. The number of furan rings is 1. The number of hydrogen-bond acceptors (Lipinski definition) is 4. The first-order chi connectivity index (χ1) is 9.82. The third-order valence-corrected chi connectivity index (χ3v) is 5.35. The topological polar surface area (TPSA) is 87.8 Å². The molecule has 1 aromatic carbocycles. The van der Waals surface area contributed by atoms with Crippen LogP contribution in [0.4, 0.5) is 0 Å². The van der Waals surface area contributed by atoms with Gasteiger partial charge in [-0.15, -0.1) is 0 Å². The van der Waals surface area contributed by atoms with E-state index in [0.29, 0.717) is 10.0 Å². The molecule has 112 valence electrons. The molecule has 0 spiro atoms. The molecule has 0 amide bonds. The second-order valence-electron chi connectivity index (χ2n) is 4.34. The number of benzene rings is 1. The summed E-state index contributed by atoms with van der Waals surface area (Å²) in [4.78, 5) is 11.0. The fraction of sp³-hybridized carbons (Fsp3) is 0.154. The lowest BCUT2D eigenvalue weighted by molar-refractivity contribution is 0.0695. The average molecular weight is 374 g/mol. The third kappa shape index (κ3) is 3.34. The van der Waals surface area contributed by atoms with Crippen LogP contribution in [0, 0.1) is 0 Å². The molecule has 1 aromatic heterocycles. The minimum absolute atomic E-state index is 0.0749. The lowest BCUT2D eigenvalue weighted by Gasteiger charge is -2.16. The molecule has 0 unspecified atom stereocenters. The predicted octanol–water partition coefficient (Wildman–Crippen LogP) is 2.56. The number of halogens is 1. The molecule has 0 aliphatic heterocycles. The van der Waals surface area contributed by atoms with E-state index in [9.17, 15) is 13.2 Å². The summed E-state index contributed by atoms with van der Waals surface area (Å²) < 4.78 is 31.2. The average Bonchev–Trinajstić information content (AvgIpc) is 2.91. The summed E-state index contributed by atoms with van der Waals surface area (Å²) in [6.07, 6.45) is 2.91. The first kappa shape index (κ1) is 15.7. The van der Waals surface area contributed by atoms with Gasteiger partial charge in [0.25, 0.3) is 0 Å². The van der Waals surface area contributed by atoms with E-state index in [4.69, 9.17) is 9.52 Å². The number of carbonyl (C=O) groups is 1. The minimum atomic E-state index is -3.78. The van der Waals surface area contributed by atoms with Gasteiger partial charge in [0.15, 0.2) is 0 Å². The molecule has 2 aromatic rings. The Morgan fingerprint density at radius 3 is 2.67 bits per heavy atom. The highest BCUT2D eigenvalue weighted by Gasteiger charge is 2.23. The standard InChI is InChI=1S/C13H12BrNO5S/c1-15(7-9-4-5-20-8-9)21(18,19)10-2-3-12(14)11(6-10)13(16)17/h2-6,8H,7H2,1H3,(H,16,17). The Labute approximate surface area is 130 Å². The molecule has 0 aliphatic carbocycles. The van der Waals surface area contributed by atoms with Crippen LogP contribution in [0.1, 0.15) is 15.9 Å². The van der Waals surface area contributed by atoms with Crippen molar-refractivity contribution in [2.75, 3.05) is 7.05 Å². The van der Waals surface area contributed by atoms with Gasteiger partial charge in [0, 0.05) is 23.6 Å². The van der Waals surface area contributed by atoms with Gasteiger partial charge in [0.2, 0.25) is 10.0 Å². The van der Waals surface area contributed by atoms with Crippen molar-refractivity contribution in [1.82, 2.24) is 4.31 Å². The van der Waals surface area contributed by atoms with E-state index in [1.54, 1.807) is 6.07 Å². The van der Waals surface area contributed by atoms with Crippen LogP contribution in [0.2, 0.25) is 0 Å². The minimum Gasteiger partial charge on any atom is -0.478 e. The maximum Gasteiger partial charge on any atom is 0.336 e. The molecule has 0 radical (unpaired) electrons. The molecule has 2 rings (SSSR count). The molecule has 0 saturated carbocycles. The van der Waals surface area contributed by atoms with Crippen LogP contribution in [0.15, 0.2) is 50.6 Å². The number of nitrogens with zero attached hydrogens (tertiary/aromatic N) is 1. The normalized spacial score (nSPS) is 11.8. The van der Waals surface area contributed by atoms with Crippen LogP contribution in [0.3, 0.4) is 0 Å². The molecule has 0 atom stereocenters. The monoisotopic (exact) mass is 373 g/mol. The summed E-state index contributed by atoms with van der Waals surface area (Å²) in [5, 5.41) is 9.05. The summed E-state index contributed by atoms with van der Waals surface area (Å²) in [7, 11) is -2.36. The van der Waals surface area contributed by atoms with E-state index in [0.717, 1.165) is 10.4 Å². The van der Waals surface area contributed by atoms with Crippen LogP contribution in [-0.4, -0.2) is 30.8 Å². The molecular formula is C13H12BrNO5S. The third-order valence-electron chi connectivity index (χ3n) is 2.86. The van der Waals surface area contributed by atoms with E-state index in [-0.39, 0.29) is 17.0 Å². The molecule has 21 heavy (non-hydrogen) atoms. The van der Waals surface area contributed by atoms with Crippen molar-refractivity contribution >= 4 is 31.9 Å². The van der Waals surface area contributed by atoms with E-state index < -0.39 is 16.0 Å². The Balaban J connectivity index is 2.35. The number of sulfonamides is 1. The predicted molar refractivity (Wildman–Crippen MR) is 78.5 cm³/mol. The summed E-state index contributed by atoms with van der Waals surface area (Å²) in [5.74, 6) is -1.20. The van der Waals surface area contributed by atoms with Crippen molar-refractivity contribution in [3.63, 3.8) is 0 Å². The molecule has 1 heterocycles. The summed E-state index contributed by atoms with van der Waals surface area (Å²) in [6.45, 7) is 0.136. The van der Waals surface area contributed by atoms with Crippen LogP contribution >= 0.6 is 15.9 Å². The van der Waals surface area contributed by atoms with E-state index in [1.807, 2.05) is 0 Å². The zero-order valence-corrected chi connectivity index (χ0v) is 13.4. The van der Waals surface area contributed by atoms with E-state index in [1.165, 1.54) is 31.7 Å². The number of carboxylic acids is 1. The van der Waals surface area contributed by atoms with Crippen LogP contribution < -0.4 is 0 Å². The lowest BCUT2D eigenvalue weighted by Crippen LogP contribution is -2.26. The highest BCUT2D eigenvalue weighted by molar-refractivity contribution is 9.10. The van der Waals surface area contributed by atoms with Gasteiger partial charge in [0.05, 0.1) is 23.0 Å². The zero-order chi connectivity index (χ0) is 15.6. The second kappa shape index (κ2) is 6.00. The number of hydrogen-bond donors (Lipinski definition) is 1. The maximum atomic E-state index is 12.4. The van der Waals surface area contributed by atoms with Crippen molar-refractivity contribution in [2.24, 2.45) is 0 Å². The van der Waals surface area contributed by atoms with Gasteiger partial charge in [-0.3, -0.25) is 0 Å². The quantitative estimate of drug-likeness (QED) is 0.869. The van der Waals surface area contributed by atoms with Crippen molar-refractivity contribution in [3.05, 3.63) is 52.4 Å². The Morgan fingerprint density at radius 2 is 2.10 bits per heavy atom. The molecule has 0 aliphatic rings.